The summed E-state index contributed by atoms with van der Waals surface area (Å²) >= 11 is 7.59. The van der Waals surface area contributed by atoms with Crippen LogP contribution in [0.3, 0.4) is 0 Å². The predicted molar refractivity (Wildman–Crippen MR) is 176 cm³/mol. The maximum atomic E-state index is 13.2. The van der Waals surface area contributed by atoms with E-state index in [1.807, 2.05) is 25.3 Å². The molecule has 0 bridgehead atoms. The Kier molecular flexibility index (Phi) is 11.1. The zero-order valence-corrected chi connectivity index (χ0v) is 26.8. The summed E-state index contributed by atoms with van der Waals surface area (Å²) in [7, 11) is 0. The lowest BCUT2D eigenvalue weighted by molar-refractivity contribution is 0.0984. The van der Waals surface area contributed by atoms with Crippen LogP contribution in [-0.4, -0.2) is 36.5 Å². The lowest BCUT2D eigenvalue weighted by Gasteiger charge is -2.08. The zero-order valence-electron chi connectivity index (χ0n) is 25.3. The maximum absolute atomic E-state index is 13.2. The molecular weight excluding hydrogens is 641 g/mol. The van der Waals surface area contributed by atoms with Crippen LogP contribution in [0.1, 0.15) is 42.7 Å². The molecule has 2 aromatic carbocycles. The van der Waals surface area contributed by atoms with Crippen LogP contribution in [0.25, 0.3) is 0 Å². The van der Waals surface area contributed by atoms with Crippen molar-refractivity contribution in [3.05, 3.63) is 147 Å². The molecule has 4 heterocycles. The van der Waals surface area contributed by atoms with Gasteiger partial charge in [0.2, 0.25) is 0 Å². The third kappa shape index (κ3) is 10.1. The quantitative estimate of drug-likeness (QED) is 0.133. The number of hydrogen-bond donors (Lipinski definition) is 0. The number of nitrogens with zero attached hydrogens (tertiary/aromatic N) is 5. The summed E-state index contributed by atoms with van der Waals surface area (Å²) in [5, 5.41) is 3.17. The van der Waals surface area contributed by atoms with E-state index in [-0.39, 0.29) is 24.4 Å². The lowest BCUT2D eigenvalue weighted by Crippen LogP contribution is -2.06. The zero-order chi connectivity index (χ0) is 33.2. The molecule has 4 aromatic heterocycles. The number of pyridine rings is 2. The number of carbonyl (C=O) groups is 2. The highest BCUT2D eigenvalue weighted by molar-refractivity contribution is 7.09. The van der Waals surface area contributed by atoms with Crippen LogP contribution in [0.5, 0.6) is 23.0 Å². The topological polar surface area (TPSA) is 117 Å². The van der Waals surface area contributed by atoms with Crippen LogP contribution >= 0.6 is 22.9 Å². The Morgan fingerprint density at radius 2 is 1.49 bits per heavy atom. The largest absolute Gasteiger partial charge is 0.456 e. The molecule has 47 heavy (non-hydrogen) atoms. The van der Waals surface area contributed by atoms with Crippen molar-refractivity contribution in [1.82, 2.24) is 24.9 Å². The number of halogens is 2. The molecule has 0 aliphatic carbocycles. The minimum Gasteiger partial charge on any atom is -0.456 e. The van der Waals surface area contributed by atoms with Gasteiger partial charge < -0.3 is 9.47 Å². The number of aryl methyl sites for hydroxylation is 2. The number of ketones is 2. The smallest absolute Gasteiger partial charge is 0.169 e. The summed E-state index contributed by atoms with van der Waals surface area (Å²) in [6, 6.07) is 16.3. The van der Waals surface area contributed by atoms with Crippen LogP contribution in [-0.2, 0) is 12.8 Å². The summed E-state index contributed by atoms with van der Waals surface area (Å²) in [5.74, 6) is 1.47. The van der Waals surface area contributed by atoms with E-state index >= 15 is 0 Å². The number of rotatable bonds is 10. The van der Waals surface area contributed by atoms with Crippen LogP contribution in [0.4, 0.5) is 4.39 Å². The second-order valence-electron chi connectivity index (χ2n) is 10.2. The third-order valence-electron chi connectivity index (χ3n) is 6.31. The van der Waals surface area contributed by atoms with Gasteiger partial charge in [-0.3, -0.25) is 19.6 Å². The maximum Gasteiger partial charge on any atom is 0.169 e. The molecule has 0 aliphatic rings. The fraction of sp³-hybridized carbons (Fsp3) is 0.114. The average Bonchev–Trinajstić information content (AvgIpc) is 3.46. The van der Waals surface area contributed by atoms with E-state index in [0.29, 0.717) is 44.8 Å². The van der Waals surface area contributed by atoms with Crippen LogP contribution < -0.4 is 9.47 Å². The Labute approximate surface area is 279 Å². The molecule has 0 fully saturated rings. The van der Waals surface area contributed by atoms with Crippen LogP contribution in [0, 0.1) is 19.7 Å². The summed E-state index contributed by atoms with van der Waals surface area (Å²) in [6.07, 6.45) is 9.36. The first-order chi connectivity index (χ1) is 22.7. The summed E-state index contributed by atoms with van der Waals surface area (Å²) in [5.41, 5.74) is 3.17. The number of ether oxygens (including phenoxy) is 2. The molecule has 0 amide bonds. The van der Waals surface area contributed by atoms with E-state index in [9.17, 15) is 14.0 Å². The van der Waals surface area contributed by atoms with E-state index in [2.05, 4.69) is 24.9 Å². The van der Waals surface area contributed by atoms with E-state index < -0.39 is 5.82 Å². The molecule has 0 unspecified atom stereocenters. The molecular formula is C35H27ClFN5O4S. The molecule has 12 heteroatoms. The standard InChI is InChI=1S/C18H14FN3O2.C17H13ClN2O2S/c1-12-4-13(18(23)8-15-7-14(19)2-3-22-15)6-16(5-12)24-17-9-20-11-21-10-17;1-11-10-23-17(20-11)8-16(21)12-5-13(18)7-15(6-12)22-14-3-2-4-19-9-14/h2-7,9-11H,8H2,1H3;2-7,9-10H,8H2,1H3. The average molecular weight is 668 g/mol. The first kappa shape index (κ1) is 33.0. The number of carbonyl (C=O) groups excluding carboxylic acids is 2. The normalized spacial score (nSPS) is 10.5. The molecule has 9 nitrogen and oxygen atoms in total. The summed E-state index contributed by atoms with van der Waals surface area (Å²) < 4.78 is 24.6. The van der Waals surface area contributed by atoms with Gasteiger partial charge in [-0.05, 0) is 80.1 Å². The highest BCUT2D eigenvalue weighted by Crippen LogP contribution is 2.27. The van der Waals surface area contributed by atoms with Crippen molar-refractivity contribution in [2.75, 3.05) is 0 Å². The predicted octanol–water partition coefficient (Wildman–Crippen LogP) is 8.25. The third-order valence-corrected chi connectivity index (χ3v) is 7.49. The molecule has 0 spiro atoms. The van der Waals surface area contributed by atoms with Crippen molar-refractivity contribution in [2.45, 2.75) is 26.7 Å². The molecule has 0 saturated carbocycles. The van der Waals surface area contributed by atoms with Gasteiger partial charge in [-0.25, -0.2) is 19.3 Å². The van der Waals surface area contributed by atoms with Gasteiger partial charge in [0, 0.05) is 39.6 Å². The van der Waals surface area contributed by atoms with Gasteiger partial charge in [0.15, 0.2) is 17.3 Å². The van der Waals surface area contributed by atoms with Crippen molar-refractivity contribution in [3.8, 4) is 23.0 Å². The van der Waals surface area contributed by atoms with Gasteiger partial charge in [-0.1, -0.05) is 11.6 Å². The van der Waals surface area contributed by atoms with E-state index in [4.69, 9.17) is 21.1 Å². The van der Waals surface area contributed by atoms with Crippen LogP contribution in [0.2, 0.25) is 5.02 Å². The van der Waals surface area contributed by atoms with Gasteiger partial charge >= 0.3 is 0 Å². The summed E-state index contributed by atoms with van der Waals surface area (Å²) in [4.78, 5) is 44.9. The Hall–Kier alpha value is -5.39. The molecule has 0 saturated heterocycles. The fourth-order valence-electron chi connectivity index (χ4n) is 4.30. The van der Waals surface area contributed by atoms with Gasteiger partial charge in [-0.15, -0.1) is 11.3 Å². The highest BCUT2D eigenvalue weighted by atomic mass is 35.5. The van der Waals surface area contributed by atoms with Gasteiger partial charge in [0.25, 0.3) is 0 Å². The van der Waals surface area contributed by atoms with E-state index in [1.54, 1.807) is 54.9 Å². The number of Topliss-reactive ketones (excluding diaryl/α,β-unsaturated/α-hetero) is 2. The Morgan fingerprint density at radius 3 is 2.19 bits per heavy atom. The number of aromatic nitrogens is 5. The molecule has 0 atom stereocenters. The molecule has 0 radical (unpaired) electrons. The SMILES string of the molecule is Cc1cc(Oc2cncnc2)cc(C(=O)Cc2cc(F)ccn2)c1.Cc1csc(CC(=O)c2cc(Cl)cc(Oc3cccnc3)c2)n1. The Bertz CT molecular complexity index is 1990. The first-order valence-corrected chi connectivity index (χ1v) is 15.5. The first-order valence-electron chi connectivity index (χ1n) is 14.2. The monoisotopic (exact) mass is 667 g/mol. The second kappa shape index (κ2) is 15.7. The Balaban J connectivity index is 0.000000185. The number of hydrogen-bond acceptors (Lipinski definition) is 10. The minimum atomic E-state index is -0.412. The van der Waals surface area contributed by atoms with E-state index in [0.717, 1.165) is 16.3 Å². The van der Waals surface area contributed by atoms with Crippen molar-refractivity contribution < 1.29 is 23.5 Å². The number of thiazole rings is 1. The fourth-order valence-corrected chi connectivity index (χ4v) is 5.30. The van der Waals surface area contributed by atoms with Gasteiger partial charge in [0.1, 0.15) is 34.4 Å². The highest BCUT2D eigenvalue weighted by Gasteiger charge is 2.14. The minimum absolute atomic E-state index is 0.0229. The van der Waals surface area contributed by atoms with Gasteiger partial charge in [0.05, 0.1) is 37.1 Å². The molecule has 6 rings (SSSR count). The molecule has 236 valence electrons. The second-order valence-corrected chi connectivity index (χ2v) is 11.6. The number of benzene rings is 2. The van der Waals surface area contributed by atoms with Crippen molar-refractivity contribution in [2.24, 2.45) is 0 Å². The molecule has 6 aromatic rings. The van der Waals surface area contributed by atoms with Crippen molar-refractivity contribution >= 4 is 34.5 Å². The van der Waals surface area contributed by atoms with Crippen molar-refractivity contribution in [3.63, 3.8) is 0 Å². The Morgan fingerprint density at radius 1 is 0.787 bits per heavy atom. The van der Waals surface area contributed by atoms with E-state index in [1.165, 1.54) is 48.4 Å². The lowest BCUT2D eigenvalue weighted by atomic mass is 10.0. The van der Waals surface area contributed by atoms with Crippen LogP contribution in [0.15, 0.2) is 103 Å². The van der Waals surface area contributed by atoms with Gasteiger partial charge in [-0.2, -0.15) is 0 Å². The van der Waals surface area contributed by atoms with Crippen molar-refractivity contribution in [1.29, 1.82) is 0 Å². The summed E-state index contributed by atoms with van der Waals surface area (Å²) in [6.45, 7) is 3.77. The molecule has 0 aliphatic heterocycles. The molecule has 0 N–H and O–H groups in total.